The van der Waals surface area contributed by atoms with Gasteiger partial charge in [-0.25, -0.2) is 0 Å². The van der Waals surface area contributed by atoms with Gasteiger partial charge in [-0.1, -0.05) is 18.2 Å². The number of aliphatic carboxylic acids is 1. The smallest absolute Gasteiger partial charge is 0.325 e. The SMILES string of the molecule is Cc1c(C(=O)N[C@@H](C)C(=O)O)oc2ccccc12. The van der Waals surface area contributed by atoms with Crippen LogP contribution in [0.3, 0.4) is 0 Å². The third-order valence-electron chi connectivity index (χ3n) is 2.77. The van der Waals surface area contributed by atoms with Crippen LogP contribution in [0.1, 0.15) is 23.0 Å². The van der Waals surface area contributed by atoms with Gasteiger partial charge in [0.15, 0.2) is 5.76 Å². The third-order valence-corrected chi connectivity index (χ3v) is 2.77. The Morgan fingerprint density at radius 2 is 2.00 bits per heavy atom. The molecule has 2 rings (SSSR count). The number of carboxylic acid groups (broad SMARTS) is 1. The second-order valence-electron chi connectivity index (χ2n) is 4.09. The standard InChI is InChI=1S/C13H13NO4/c1-7-9-5-3-4-6-10(9)18-11(7)12(15)14-8(2)13(16)17/h3-6,8H,1-2H3,(H,14,15)(H,16,17)/t8-/m0/s1. The van der Waals surface area contributed by atoms with Gasteiger partial charge in [0.1, 0.15) is 11.6 Å². The quantitative estimate of drug-likeness (QED) is 0.868. The minimum Gasteiger partial charge on any atom is -0.480 e. The van der Waals surface area contributed by atoms with Crippen LogP contribution in [0.15, 0.2) is 28.7 Å². The van der Waals surface area contributed by atoms with Gasteiger partial charge in [-0.15, -0.1) is 0 Å². The van der Waals surface area contributed by atoms with Gasteiger partial charge < -0.3 is 14.8 Å². The Morgan fingerprint density at radius 3 is 2.61 bits per heavy atom. The number of hydrogen-bond acceptors (Lipinski definition) is 3. The van der Waals surface area contributed by atoms with Crippen molar-refractivity contribution in [2.75, 3.05) is 0 Å². The largest absolute Gasteiger partial charge is 0.480 e. The maximum absolute atomic E-state index is 11.9. The van der Waals surface area contributed by atoms with Crippen molar-refractivity contribution in [1.82, 2.24) is 5.32 Å². The number of rotatable bonds is 3. The van der Waals surface area contributed by atoms with E-state index < -0.39 is 17.9 Å². The highest BCUT2D eigenvalue weighted by Crippen LogP contribution is 2.24. The van der Waals surface area contributed by atoms with Crippen molar-refractivity contribution in [2.45, 2.75) is 19.9 Å². The number of carbonyl (C=O) groups is 2. The lowest BCUT2D eigenvalue weighted by molar-refractivity contribution is -0.138. The Morgan fingerprint density at radius 1 is 1.33 bits per heavy atom. The molecule has 1 aromatic carbocycles. The summed E-state index contributed by atoms with van der Waals surface area (Å²) < 4.78 is 5.44. The summed E-state index contributed by atoms with van der Waals surface area (Å²) in [5.74, 6) is -1.44. The monoisotopic (exact) mass is 247 g/mol. The van der Waals surface area contributed by atoms with Gasteiger partial charge in [0.05, 0.1) is 0 Å². The van der Waals surface area contributed by atoms with Crippen LogP contribution in [0, 0.1) is 6.92 Å². The predicted molar refractivity (Wildman–Crippen MR) is 65.5 cm³/mol. The first-order valence-corrected chi connectivity index (χ1v) is 5.52. The molecule has 0 spiro atoms. The van der Waals surface area contributed by atoms with Crippen molar-refractivity contribution in [1.29, 1.82) is 0 Å². The highest BCUT2D eigenvalue weighted by Gasteiger charge is 2.21. The molecule has 0 aliphatic carbocycles. The van der Waals surface area contributed by atoms with Crippen molar-refractivity contribution in [3.8, 4) is 0 Å². The Hall–Kier alpha value is -2.30. The molecule has 1 amide bonds. The second kappa shape index (κ2) is 4.52. The van der Waals surface area contributed by atoms with Crippen LogP contribution >= 0.6 is 0 Å². The maximum atomic E-state index is 11.9. The van der Waals surface area contributed by atoms with E-state index in [9.17, 15) is 9.59 Å². The molecule has 0 unspecified atom stereocenters. The molecule has 0 aliphatic rings. The first-order chi connectivity index (χ1) is 8.50. The molecule has 2 N–H and O–H groups in total. The van der Waals surface area contributed by atoms with E-state index >= 15 is 0 Å². The molecular formula is C13H13NO4. The van der Waals surface area contributed by atoms with Crippen LogP contribution in [0.2, 0.25) is 0 Å². The van der Waals surface area contributed by atoms with Gasteiger partial charge in [0.25, 0.3) is 5.91 Å². The Balaban J connectivity index is 2.34. The van der Waals surface area contributed by atoms with Crippen LogP contribution < -0.4 is 5.32 Å². The molecule has 2 aromatic rings. The Kier molecular flexibility index (Phi) is 3.06. The fourth-order valence-electron chi connectivity index (χ4n) is 1.71. The van der Waals surface area contributed by atoms with E-state index in [0.717, 1.165) is 5.39 Å². The van der Waals surface area contributed by atoms with Crippen LogP contribution in [-0.2, 0) is 4.79 Å². The lowest BCUT2D eigenvalue weighted by Crippen LogP contribution is -2.38. The zero-order valence-electron chi connectivity index (χ0n) is 10.1. The number of hydrogen-bond donors (Lipinski definition) is 2. The van der Waals surface area contributed by atoms with Crippen molar-refractivity contribution in [2.24, 2.45) is 0 Å². The van der Waals surface area contributed by atoms with Gasteiger partial charge in [0.2, 0.25) is 0 Å². The van der Waals surface area contributed by atoms with Gasteiger partial charge in [-0.05, 0) is 19.9 Å². The number of furan rings is 1. The summed E-state index contributed by atoms with van der Waals surface area (Å²) in [4.78, 5) is 22.6. The summed E-state index contributed by atoms with van der Waals surface area (Å²) in [5, 5.41) is 12.0. The van der Waals surface area contributed by atoms with Crippen LogP contribution in [-0.4, -0.2) is 23.0 Å². The molecule has 94 valence electrons. The van der Waals surface area contributed by atoms with Crippen LogP contribution in [0.25, 0.3) is 11.0 Å². The fraction of sp³-hybridized carbons (Fsp3) is 0.231. The van der Waals surface area contributed by atoms with Crippen LogP contribution in [0.4, 0.5) is 0 Å². The number of fused-ring (bicyclic) bond motifs is 1. The average molecular weight is 247 g/mol. The maximum Gasteiger partial charge on any atom is 0.325 e. The van der Waals surface area contributed by atoms with Gasteiger partial charge in [-0.3, -0.25) is 9.59 Å². The molecule has 5 nitrogen and oxygen atoms in total. The summed E-state index contributed by atoms with van der Waals surface area (Å²) >= 11 is 0. The summed E-state index contributed by atoms with van der Waals surface area (Å²) in [7, 11) is 0. The molecule has 0 saturated heterocycles. The highest BCUT2D eigenvalue weighted by atomic mass is 16.4. The fourth-order valence-corrected chi connectivity index (χ4v) is 1.71. The molecular weight excluding hydrogens is 234 g/mol. The van der Waals surface area contributed by atoms with E-state index in [2.05, 4.69) is 5.32 Å². The Labute approximate surface area is 103 Å². The highest BCUT2D eigenvalue weighted by molar-refractivity contribution is 6.00. The van der Waals surface area contributed by atoms with E-state index in [0.29, 0.717) is 11.1 Å². The summed E-state index contributed by atoms with van der Waals surface area (Å²) in [6, 6.07) is 6.33. The number of nitrogens with one attached hydrogen (secondary N) is 1. The lowest BCUT2D eigenvalue weighted by Gasteiger charge is -2.07. The number of aryl methyl sites for hydroxylation is 1. The van der Waals surface area contributed by atoms with Crippen molar-refractivity contribution in [3.05, 3.63) is 35.6 Å². The van der Waals surface area contributed by atoms with Crippen LogP contribution in [0.5, 0.6) is 0 Å². The first-order valence-electron chi connectivity index (χ1n) is 5.52. The molecule has 5 heteroatoms. The normalized spacial score (nSPS) is 12.3. The number of carboxylic acids is 1. The molecule has 0 bridgehead atoms. The summed E-state index contributed by atoms with van der Waals surface area (Å²) in [6.07, 6.45) is 0. The van der Waals surface area contributed by atoms with Gasteiger partial charge >= 0.3 is 5.97 Å². The molecule has 0 fully saturated rings. The second-order valence-corrected chi connectivity index (χ2v) is 4.09. The van der Waals surface area contributed by atoms with Crippen molar-refractivity contribution >= 4 is 22.8 Å². The molecule has 0 saturated carbocycles. The summed E-state index contributed by atoms with van der Waals surface area (Å²) in [5.41, 5.74) is 1.32. The average Bonchev–Trinajstić information content (AvgIpc) is 2.67. The molecule has 0 radical (unpaired) electrons. The van der Waals surface area contributed by atoms with Crippen molar-refractivity contribution < 1.29 is 19.1 Å². The minimum absolute atomic E-state index is 0.157. The van der Waals surface area contributed by atoms with E-state index in [-0.39, 0.29) is 5.76 Å². The van der Waals surface area contributed by atoms with Gasteiger partial charge in [0, 0.05) is 10.9 Å². The van der Waals surface area contributed by atoms with E-state index in [1.807, 2.05) is 18.2 Å². The molecule has 0 aliphatic heterocycles. The van der Waals surface area contributed by atoms with E-state index in [4.69, 9.17) is 9.52 Å². The minimum atomic E-state index is -1.09. The van der Waals surface area contributed by atoms with E-state index in [1.54, 1.807) is 13.0 Å². The zero-order valence-corrected chi connectivity index (χ0v) is 10.1. The predicted octanol–water partition coefficient (Wildman–Crippen LogP) is 1.94. The number of amides is 1. The molecule has 1 aromatic heterocycles. The molecule has 1 heterocycles. The summed E-state index contributed by atoms with van der Waals surface area (Å²) in [6.45, 7) is 3.17. The molecule has 1 atom stereocenters. The number of benzene rings is 1. The van der Waals surface area contributed by atoms with E-state index in [1.165, 1.54) is 6.92 Å². The van der Waals surface area contributed by atoms with Gasteiger partial charge in [-0.2, -0.15) is 0 Å². The van der Waals surface area contributed by atoms with Crippen molar-refractivity contribution in [3.63, 3.8) is 0 Å². The zero-order chi connectivity index (χ0) is 13.3. The Bertz CT molecular complexity index is 614. The molecule has 18 heavy (non-hydrogen) atoms. The number of para-hydroxylation sites is 1. The topological polar surface area (TPSA) is 79.5 Å². The number of carbonyl (C=O) groups excluding carboxylic acids is 1. The third kappa shape index (κ3) is 2.07. The lowest BCUT2D eigenvalue weighted by atomic mass is 10.1. The first kappa shape index (κ1) is 12.2.